The Kier molecular flexibility index (Phi) is 3.02. The summed E-state index contributed by atoms with van der Waals surface area (Å²) in [5.74, 6) is 0. The molecule has 1 aliphatic rings. The van der Waals surface area contributed by atoms with Crippen molar-refractivity contribution in [2.45, 2.75) is 25.2 Å². The summed E-state index contributed by atoms with van der Waals surface area (Å²) in [6, 6.07) is 2.13. The maximum atomic E-state index is 13.2. The molecule has 2 atom stereocenters. The second kappa shape index (κ2) is 4.28. The van der Waals surface area contributed by atoms with Crippen molar-refractivity contribution in [1.29, 1.82) is 0 Å². The van der Waals surface area contributed by atoms with Gasteiger partial charge in [0.1, 0.15) is 6.17 Å². The molecule has 2 N–H and O–H groups in total. The van der Waals surface area contributed by atoms with Gasteiger partial charge in [0.15, 0.2) is 0 Å². The van der Waals surface area contributed by atoms with Gasteiger partial charge in [0.05, 0.1) is 5.69 Å². The summed E-state index contributed by atoms with van der Waals surface area (Å²) in [6.45, 7) is 1.75. The number of likely N-dealkylation sites (tertiary alicyclic amines) is 1. The van der Waals surface area contributed by atoms with Crippen LogP contribution in [0.4, 0.5) is 4.39 Å². The van der Waals surface area contributed by atoms with Gasteiger partial charge in [-0.05, 0) is 12.5 Å². The standard InChI is InChI=1S/C10H17FN4/c1-14-9(2-3-13-14)7-15-6-8(11)4-10(15)5-12/h2-3,8,10H,4-7,12H2,1H3/t8-,10-/m1/s1. The molecule has 15 heavy (non-hydrogen) atoms. The van der Waals surface area contributed by atoms with Gasteiger partial charge in [-0.2, -0.15) is 5.10 Å². The third-order valence-electron chi connectivity index (χ3n) is 3.04. The van der Waals surface area contributed by atoms with Crippen LogP contribution in [0.1, 0.15) is 12.1 Å². The monoisotopic (exact) mass is 212 g/mol. The van der Waals surface area contributed by atoms with Crippen LogP contribution >= 0.6 is 0 Å². The number of aromatic nitrogens is 2. The average Bonchev–Trinajstić information content (AvgIpc) is 2.75. The predicted molar refractivity (Wildman–Crippen MR) is 56.0 cm³/mol. The molecule has 0 aromatic carbocycles. The van der Waals surface area contributed by atoms with E-state index in [0.717, 1.165) is 12.2 Å². The second-order valence-corrected chi connectivity index (χ2v) is 4.10. The van der Waals surface area contributed by atoms with E-state index in [2.05, 4.69) is 10.00 Å². The Morgan fingerprint density at radius 3 is 3.07 bits per heavy atom. The molecule has 4 nitrogen and oxygen atoms in total. The van der Waals surface area contributed by atoms with E-state index in [0.29, 0.717) is 19.5 Å². The minimum atomic E-state index is -0.730. The molecule has 1 aromatic rings. The first-order valence-corrected chi connectivity index (χ1v) is 5.25. The lowest BCUT2D eigenvalue weighted by Gasteiger charge is -2.22. The first kappa shape index (κ1) is 10.6. The molecule has 0 radical (unpaired) electrons. The summed E-state index contributed by atoms with van der Waals surface area (Å²) in [6.07, 6.45) is 1.59. The molecule has 84 valence electrons. The third kappa shape index (κ3) is 2.18. The highest BCUT2D eigenvalue weighted by atomic mass is 19.1. The van der Waals surface area contributed by atoms with Gasteiger partial charge < -0.3 is 5.73 Å². The van der Waals surface area contributed by atoms with Gasteiger partial charge in [0.2, 0.25) is 0 Å². The molecule has 1 aromatic heterocycles. The largest absolute Gasteiger partial charge is 0.329 e. The molecule has 0 saturated carbocycles. The van der Waals surface area contributed by atoms with Gasteiger partial charge in [-0.25, -0.2) is 4.39 Å². The Hall–Kier alpha value is -0.940. The molecule has 0 bridgehead atoms. The fraction of sp³-hybridized carbons (Fsp3) is 0.700. The molecule has 0 amide bonds. The number of aryl methyl sites for hydroxylation is 1. The Morgan fingerprint density at radius 2 is 2.47 bits per heavy atom. The summed E-state index contributed by atoms with van der Waals surface area (Å²) in [4.78, 5) is 2.10. The molecule has 5 heteroatoms. The quantitative estimate of drug-likeness (QED) is 0.783. The van der Waals surface area contributed by atoms with Crippen LogP contribution in [0.2, 0.25) is 0 Å². The zero-order chi connectivity index (χ0) is 10.8. The number of hydrogen-bond donors (Lipinski definition) is 1. The minimum Gasteiger partial charge on any atom is -0.329 e. The van der Waals surface area contributed by atoms with Crippen LogP contribution in [-0.2, 0) is 13.6 Å². The predicted octanol–water partition coefficient (Wildman–Crippen LogP) is 0.291. The maximum Gasteiger partial charge on any atom is 0.114 e. The van der Waals surface area contributed by atoms with Crippen LogP contribution in [-0.4, -0.2) is 40.0 Å². The van der Waals surface area contributed by atoms with Crippen molar-refractivity contribution >= 4 is 0 Å². The molecular formula is C10H17FN4. The Balaban J connectivity index is 2.02. The molecule has 1 saturated heterocycles. The van der Waals surface area contributed by atoms with Crippen LogP contribution in [0.5, 0.6) is 0 Å². The molecule has 1 fully saturated rings. The van der Waals surface area contributed by atoms with Gasteiger partial charge >= 0.3 is 0 Å². The van der Waals surface area contributed by atoms with Gasteiger partial charge in [-0.15, -0.1) is 0 Å². The lowest BCUT2D eigenvalue weighted by Crippen LogP contribution is -2.35. The summed E-state index contributed by atoms with van der Waals surface area (Å²) >= 11 is 0. The number of nitrogens with two attached hydrogens (primary N) is 1. The second-order valence-electron chi connectivity index (χ2n) is 4.10. The van der Waals surface area contributed by atoms with E-state index in [1.54, 1.807) is 6.20 Å². The highest BCUT2D eigenvalue weighted by Crippen LogP contribution is 2.21. The van der Waals surface area contributed by atoms with E-state index >= 15 is 0 Å². The first-order chi connectivity index (χ1) is 7.20. The van der Waals surface area contributed by atoms with E-state index in [9.17, 15) is 4.39 Å². The summed E-state index contributed by atoms with van der Waals surface area (Å²) in [5.41, 5.74) is 6.72. The summed E-state index contributed by atoms with van der Waals surface area (Å²) < 4.78 is 15.0. The third-order valence-corrected chi connectivity index (χ3v) is 3.04. The van der Waals surface area contributed by atoms with Crippen molar-refractivity contribution in [3.63, 3.8) is 0 Å². The summed E-state index contributed by atoms with van der Waals surface area (Å²) in [5, 5.41) is 4.09. The van der Waals surface area contributed by atoms with Crippen molar-refractivity contribution in [3.8, 4) is 0 Å². The van der Waals surface area contributed by atoms with Crippen LogP contribution < -0.4 is 5.73 Å². The molecular weight excluding hydrogens is 195 g/mol. The SMILES string of the molecule is Cn1nccc1CN1C[C@H](F)C[C@@H]1CN. The molecule has 1 aliphatic heterocycles. The van der Waals surface area contributed by atoms with Crippen molar-refractivity contribution in [3.05, 3.63) is 18.0 Å². The van der Waals surface area contributed by atoms with E-state index in [1.807, 2.05) is 17.8 Å². The van der Waals surface area contributed by atoms with Crippen LogP contribution in [0.25, 0.3) is 0 Å². The molecule has 2 heterocycles. The van der Waals surface area contributed by atoms with Crippen LogP contribution in [0, 0.1) is 0 Å². The average molecular weight is 212 g/mol. The zero-order valence-corrected chi connectivity index (χ0v) is 8.93. The van der Waals surface area contributed by atoms with E-state index in [-0.39, 0.29) is 6.04 Å². The molecule has 0 spiro atoms. The lowest BCUT2D eigenvalue weighted by atomic mass is 10.2. The van der Waals surface area contributed by atoms with E-state index in [4.69, 9.17) is 5.73 Å². The van der Waals surface area contributed by atoms with Crippen molar-refractivity contribution in [2.24, 2.45) is 12.8 Å². The number of alkyl halides is 1. The van der Waals surface area contributed by atoms with E-state index in [1.165, 1.54) is 0 Å². The smallest absolute Gasteiger partial charge is 0.114 e. The zero-order valence-electron chi connectivity index (χ0n) is 8.93. The number of rotatable bonds is 3. The molecule has 0 unspecified atom stereocenters. The highest BCUT2D eigenvalue weighted by Gasteiger charge is 2.31. The van der Waals surface area contributed by atoms with E-state index < -0.39 is 6.17 Å². The van der Waals surface area contributed by atoms with Gasteiger partial charge in [-0.1, -0.05) is 0 Å². The topological polar surface area (TPSA) is 47.1 Å². The van der Waals surface area contributed by atoms with Gasteiger partial charge in [0, 0.05) is 38.9 Å². The molecule has 2 rings (SSSR count). The van der Waals surface area contributed by atoms with Crippen molar-refractivity contribution in [1.82, 2.24) is 14.7 Å². The lowest BCUT2D eigenvalue weighted by molar-refractivity contribution is 0.233. The molecule has 0 aliphatic carbocycles. The van der Waals surface area contributed by atoms with Crippen LogP contribution in [0.3, 0.4) is 0 Å². The van der Waals surface area contributed by atoms with Crippen molar-refractivity contribution in [2.75, 3.05) is 13.1 Å². The van der Waals surface area contributed by atoms with Crippen LogP contribution in [0.15, 0.2) is 12.3 Å². The van der Waals surface area contributed by atoms with Gasteiger partial charge in [0.25, 0.3) is 0 Å². The Bertz CT molecular complexity index is 325. The highest BCUT2D eigenvalue weighted by molar-refractivity contribution is 5.01. The fourth-order valence-electron chi connectivity index (χ4n) is 2.13. The maximum absolute atomic E-state index is 13.2. The normalized spacial score (nSPS) is 27.4. The first-order valence-electron chi connectivity index (χ1n) is 5.25. The van der Waals surface area contributed by atoms with Gasteiger partial charge in [-0.3, -0.25) is 9.58 Å². The Labute approximate surface area is 88.9 Å². The van der Waals surface area contributed by atoms with Crippen molar-refractivity contribution < 1.29 is 4.39 Å². The minimum absolute atomic E-state index is 0.176. The Morgan fingerprint density at radius 1 is 1.67 bits per heavy atom. The number of nitrogens with zero attached hydrogens (tertiary/aromatic N) is 3. The fourth-order valence-corrected chi connectivity index (χ4v) is 2.13. The number of hydrogen-bond acceptors (Lipinski definition) is 3. The summed E-state index contributed by atoms with van der Waals surface area (Å²) in [7, 11) is 1.90. The number of halogens is 1.